The van der Waals surface area contributed by atoms with Gasteiger partial charge in [0.25, 0.3) is 0 Å². The van der Waals surface area contributed by atoms with Crippen molar-refractivity contribution in [2.75, 3.05) is 36.5 Å². The van der Waals surface area contributed by atoms with Crippen LogP contribution >= 0.6 is 0 Å². The third-order valence-electron chi connectivity index (χ3n) is 2.73. The van der Waals surface area contributed by atoms with Gasteiger partial charge in [-0.15, -0.1) is 0 Å². The number of amides is 1. The highest BCUT2D eigenvalue weighted by molar-refractivity contribution is 7.92. The number of carbonyl (C=O) groups is 1. The zero-order valence-corrected chi connectivity index (χ0v) is 13.2. The predicted molar refractivity (Wildman–Crippen MR) is 83.3 cm³/mol. The number of rotatable bonds is 8. The van der Waals surface area contributed by atoms with E-state index >= 15 is 0 Å². The van der Waals surface area contributed by atoms with Crippen molar-refractivity contribution >= 4 is 27.3 Å². The molecule has 0 radical (unpaired) electrons. The van der Waals surface area contributed by atoms with Crippen molar-refractivity contribution in [1.29, 1.82) is 0 Å². The molecule has 118 valence electrons. The second kappa shape index (κ2) is 7.84. The van der Waals surface area contributed by atoms with Crippen LogP contribution < -0.4 is 20.1 Å². The quantitative estimate of drug-likeness (QED) is 0.665. The van der Waals surface area contributed by atoms with E-state index in [1.165, 1.54) is 7.11 Å². The maximum atomic E-state index is 11.6. The lowest BCUT2D eigenvalue weighted by Crippen LogP contribution is -2.19. The van der Waals surface area contributed by atoms with Gasteiger partial charge in [-0.25, -0.2) is 8.42 Å². The Bertz CT molecular complexity index is 587. The van der Waals surface area contributed by atoms with E-state index in [2.05, 4.69) is 15.4 Å². The maximum Gasteiger partial charge on any atom is 0.232 e. The topological polar surface area (TPSA) is 96.5 Å². The maximum absolute atomic E-state index is 11.6. The number of nitrogens with one attached hydrogen (secondary N) is 3. The highest BCUT2D eigenvalue weighted by Gasteiger charge is 2.12. The lowest BCUT2D eigenvalue weighted by atomic mass is 10.2. The molecule has 0 atom stereocenters. The van der Waals surface area contributed by atoms with Gasteiger partial charge in [0, 0.05) is 24.7 Å². The van der Waals surface area contributed by atoms with Gasteiger partial charge in [-0.1, -0.05) is 0 Å². The summed E-state index contributed by atoms with van der Waals surface area (Å²) >= 11 is 0. The molecule has 8 heteroatoms. The van der Waals surface area contributed by atoms with E-state index in [1.807, 2.05) is 0 Å². The number of methoxy groups -OCH3 is 1. The van der Waals surface area contributed by atoms with Crippen molar-refractivity contribution < 1.29 is 17.9 Å². The molecule has 1 aromatic carbocycles. The monoisotopic (exact) mass is 315 g/mol. The van der Waals surface area contributed by atoms with Crippen LogP contribution in [0.2, 0.25) is 0 Å². The highest BCUT2D eigenvalue weighted by atomic mass is 32.2. The molecule has 1 aromatic rings. The first-order valence-corrected chi connectivity index (χ1v) is 8.20. The Hall–Kier alpha value is -1.80. The molecule has 0 saturated carbocycles. The Morgan fingerprint density at radius 1 is 1.33 bits per heavy atom. The average Bonchev–Trinajstić information content (AvgIpc) is 2.46. The summed E-state index contributed by atoms with van der Waals surface area (Å²) in [4.78, 5) is 11.6. The lowest BCUT2D eigenvalue weighted by molar-refractivity contribution is -0.116. The van der Waals surface area contributed by atoms with E-state index in [9.17, 15) is 13.2 Å². The Morgan fingerprint density at radius 3 is 2.62 bits per heavy atom. The largest absolute Gasteiger partial charge is 0.494 e. The Balaban J connectivity index is 2.86. The molecule has 0 bridgehead atoms. The van der Waals surface area contributed by atoms with Gasteiger partial charge in [0.2, 0.25) is 15.9 Å². The van der Waals surface area contributed by atoms with Gasteiger partial charge in [-0.05, 0) is 26.1 Å². The van der Waals surface area contributed by atoms with Crippen LogP contribution in [-0.4, -0.2) is 40.8 Å². The molecule has 1 rings (SSSR count). The summed E-state index contributed by atoms with van der Waals surface area (Å²) in [6, 6.07) is 4.75. The van der Waals surface area contributed by atoms with Gasteiger partial charge in [0.05, 0.1) is 18.6 Å². The van der Waals surface area contributed by atoms with Crippen LogP contribution in [0.25, 0.3) is 0 Å². The van der Waals surface area contributed by atoms with Gasteiger partial charge in [-0.3, -0.25) is 9.52 Å². The fourth-order valence-electron chi connectivity index (χ4n) is 1.56. The second-order valence-corrected chi connectivity index (χ2v) is 6.33. The van der Waals surface area contributed by atoms with Crippen LogP contribution in [0.4, 0.5) is 11.4 Å². The van der Waals surface area contributed by atoms with E-state index in [4.69, 9.17) is 4.74 Å². The number of hydrogen-bond acceptors (Lipinski definition) is 5. The number of sulfonamides is 1. The fourth-order valence-corrected chi connectivity index (χ4v) is 2.20. The molecule has 0 spiro atoms. The first-order chi connectivity index (χ1) is 9.91. The molecule has 0 aliphatic rings. The van der Waals surface area contributed by atoms with Crippen LogP contribution in [0.5, 0.6) is 5.75 Å². The first kappa shape index (κ1) is 17.3. The van der Waals surface area contributed by atoms with E-state index in [1.54, 1.807) is 32.2 Å². The molecule has 21 heavy (non-hydrogen) atoms. The van der Waals surface area contributed by atoms with Crippen molar-refractivity contribution in [3.05, 3.63) is 18.2 Å². The third kappa shape index (κ3) is 5.60. The van der Waals surface area contributed by atoms with Crippen LogP contribution in [0.3, 0.4) is 0 Å². The fraction of sp³-hybridized carbons (Fsp3) is 0.462. The molecule has 1 amide bonds. The molecule has 0 fully saturated rings. The zero-order valence-electron chi connectivity index (χ0n) is 12.4. The highest BCUT2D eigenvalue weighted by Crippen LogP contribution is 2.28. The molecular weight excluding hydrogens is 294 g/mol. The molecule has 7 nitrogen and oxygen atoms in total. The normalized spacial score (nSPS) is 11.0. The van der Waals surface area contributed by atoms with Gasteiger partial charge < -0.3 is 15.4 Å². The molecule has 0 aromatic heterocycles. The molecule has 0 aliphatic heterocycles. The summed E-state index contributed by atoms with van der Waals surface area (Å²) in [5.74, 6) is 0.185. The lowest BCUT2D eigenvalue weighted by Gasteiger charge is -2.13. The Morgan fingerprint density at radius 2 is 2.05 bits per heavy atom. The molecule has 0 aliphatic carbocycles. The van der Waals surface area contributed by atoms with E-state index in [0.717, 1.165) is 0 Å². The number of benzene rings is 1. The second-order valence-electron chi connectivity index (χ2n) is 4.32. The van der Waals surface area contributed by atoms with Crippen molar-refractivity contribution in [2.45, 2.75) is 13.3 Å². The summed E-state index contributed by atoms with van der Waals surface area (Å²) in [6.07, 6.45) is 0.350. The number of anilines is 2. The van der Waals surface area contributed by atoms with Crippen molar-refractivity contribution in [3.63, 3.8) is 0 Å². The molecule has 0 heterocycles. The van der Waals surface area contributed by atoms with E-state index < -0.39 is 10.0 Å². The zero-order chi connectivity index (χ0) is 15.9. The van der Waals surface area contributed by atoms with E-state index in [0.29, 0.717) is 30.1 Å². The number of carbonyl (C=O) groups excluding carboxylic acids is 1. The summed E-state index contributed by atoms with van der Waals surface area (Å²) in [7, 11) is -0.174. The van der Waals surface area contributed by atoms with Crippen molar-refractivity contribution in [1.82, 2.24) is 5.32 Å². The molecule has 0 saturated heterocycles. The average molecular weight is 315 g/mol. The smallest absolute Gasteiger partial charge is 0.232 e. The number of hydrogen-bond donors (Lipinski definition) is 3. The SMILES string of the molecule is CCS(=O)(=O)Nc1ccc(NC(=O)CCNC)cc1OC. The summed E-state index contributed by atoms with van der Waals surface area (Å²) in [5.41, 5.74) is 0.889. The summed E-state index contributed by atoms with van der Waals surface area (Å²) in [6.45, 7) is 2.13. The minimum absolute atomic E-state index is 0.0291. The van der Waals surface area contributed by atoms with Crippen LogP contribution in [0.15, 0.2) is 18.2 Å². The molecule has 3 N–H and O–H groups in total. The first-order valence-electron chi connectivity index (χ1n) is 6.54. The summed E-state index contributed by atoms with van der Waals surface area (Å²) < 4.78 is 30.7. The molecule has 0 unspecified atom stereocenters. The van der Waals surface area contributed by atoms with Crippen LogP contribution in [-0.2, 0) is 14.8 Å². The number of ether oxygens (including phenoxy) is 1. The Labute approximate surface area is 125 Å². The van der Waals surface area contributed by atoms with E-state index in [-0.39, 0.29) is 11.7 Å². The van der Waals surface area contributed by atoms with Gasteiger partial charge in [0.1, 0.15) is 5.75 Å². The van der Waals surface area contributed by atoms with Crippen molar-refractivity contribution in [2.24, 2.45) is 0 Å². The van der Waals surface area contributed by atoms with Crippen LogP contribution in [0.1, 0.15) is 13.3 Å². The summed E-state index contributed by atoms with van der Waals surface area (Å²) in [5, 5.41) is 5.61. The van der Waals surface area contributed by atoms with Crippen LogP contribution in [0, 0.1) is 0 Å². The molecular formula is C13H21N3O4S. The third-order valence-corrected chi connectivity index (χ3v) is 4.02. The minimum atomic E-state index is -3.38. The van der Waals surface area contributed by atoms with Gasteiger partial charge in [0.15, 0.2) is 0 Å². The Kier molecular flexibility index (Phi) is 6.44. The standard InChI is InChI=1S/C13H21N3O4S/c1-4-21(18,19)16-11-6-5-10(9-12(11)20-3)15-13(17)7-8-14-2/h5-6,9,14,16H,4,7-8H2,1-3H3,(H,15,17). The van der Waals surface area contributed by atoms with Crippen molar-refractivity contribution in [3.8, 4) is 5.75 Å². The minimum Gasteiger partial charge on any atom is -0.494 e. The van der Waals surface area contributed by atoms with Gasteiger partial charge >= 0.3 is 0 Å². The van der Waals surface area contributed by atoms with Gasteiger partial charge in [-0.2, -0.15) is 0 Å². The predicted octanol–water partition coefficient (Wildman–Crippen LogP) is 1.00.